The van der Waals surface area contributed by atoms with E-state index in [2.05, 4.69) is 9.98 Å². The molecule has 0 amide bonds. The van der Waals surface area contributed by atoms with Crippen LogP contribution in [0.25, 0.3) is 0 Å². The summed E-state index contributed by atoms with van der Waals surface area (Å²) in [7, 11) is 0. The van der Waals surface area contributed by atoms with E-state index in [1.807, 2.05) is 6.07 Å². The van der Waals surface area contributed by atoms with Gasteiger partial charge in [-0.1, -0.05) is 18.2 Å². The highest BCUT2D eigenvalue weighted by atomic mass is 32.2. The monoisotopic (exact) mass is 334 g/mol. The Balaban J connectivity index is 1.86. The maximum Gasteiger partial charge on any atom is 0.145 e. The first-order valence-corrected chi connectivity index (χ1v) is 8.38. The molecular weight excluding hydrogens is 315 g/mol. The van der Waals surface area contributed by atoms with Gasteiger partial charge in [0, 0.05) is 41.6 Å². The minimum Gasteiger partial charge on any atom is -0.505 e. The molecule has 0 saturated heterocycles. The first-order valence-electron chi connectivity index (χ1n) is 7.22. The molecule has 1 heterocycles. The van der Waals surface area contributed by atoms with E-state index in [4.69, 9.17) is 0 Å². The van der Waals surface area contributed by atoms with Gasteiger partial charge in [0.05, 0.1) is 12.3 Å². The van der Waals surface area contributed by atoms with Crippen LogP contribution in [0.15, 0.2) is 35.5 Å². The van der Waals surface area contributed by atoms with Crippen molar-refractivity contribution in [2.75, 3.05) is 12.3 Å². The standard InChI is InChI=1S/C17H19FN2O2S/c1-12-17(22)15(14(10-21)8-20-12)9-19-6-7-23-11-13-4-2-3-5-16(13)18/h2-5,8-9,21-22H,6-7,10-11H2,1H3. The fraction of sp³-hybridized carbons (Fsp3) is 0.294. The number of pyridine rings is 1. The number of thioether (sulfide) groups is 1. The molecule has 2 aromatic rings. The van der Waals surface area contributed by atoms with Crippen LogP contribution in [0.4, 0.5) is 4.39 Å². The van der Waals surface area contributed by atoms with Crippen LogP contribution < -0.4 is 0 Å². The summed E-state index contributed by atoms with van der Waals surface area (Å²) in [4.78, 5) is 8.27. The number of aliphatic imine (C=N–C) groups is 1. The summed E-state index contributed by atoms with van der Waals surface area (Å²) in [5, 5.41) is 19.3. The molecule has 2 N–H and O–H groups in total. The molecule has 0 aliphatic carbocycles. The zero-order valence-corrected chi connectivity index (χ0v) is 13.7. The predicted molar refractivity (Wildman–Crippen MR) is 91.6 cm³/mol. The molecule has 1 aromatic carbocycles. The Kier molecular flexibility index (Phi) is 6.55. The van der Waals surface area contributed by atoms with Gasteiger partial charge < -0.3 is 10.2 Å². The molecule has 0 aliphatic rings. The van der Waals surface area contributed by atoms with Gasteiger partial charge in [-0.15, -0.1) is 0 Å². The Hall–Kier alpha value is -1.92. The second-order valence-electron chi connectivity index (χ2n) is 4.97. The summed E-state index contributed by atoms with van der Waals surface area (Å²) >= 11 is 1.59. The van der Waals surface area contributed by atoms with Gasteiger partial charge in [0.1, 0.15) is 11.6 Å². The summed E-state index contributed by atoms with van der Waals surface area (Å²) in [5.74, 6) is 1.20. The number of aryl methyl sites for hydroxylation is 1. The lowest BCUT2D eigenvalue weighted by molar-refractivity contribution is 0.280. The molecule has 0 spiro atoms. The Labute approximate surface area is 139 Å². The molecule has 0 bridgehead atoms. The third-order valence-corrected chi connectivity index (χ3v) is 4.32. The molecule has 23 heavy (non-hydrogen) atoms. The first kappa shape index (κ1) is 17.4. The van der Waals surface area contributed by atoms with E-state index in [1.54, 1.807) is 37.0 Å². The minimum atomic E-state index is -0.204. The van der Waals surface area contributed by atoms with Crippen molar-refractivity contribution in [3.8, 4) is 5.75 Å². The summed E-state index contributed by atoms with van der Waals surface area (Å²) in [6.45, 7) is 2.03. The van der Waals surface area contributed by atoms with Gasteiger partial charge in [-0.25, -0.2) is 4.39 Å². The molecule has 4 nitrogen and oxygen atoms in total. The van der Waals surface area contributed by atoms with Gasteiger partial charge in [0.25, 0.3) is 0 Å². The van der Waals surface area contributed by atoms with Crippen molar-refractivity contribution in [3.63, 3.8) is 0 Å². The summed E-state index contributed by atoms with van der Waals surface area (Å²) in [6.07, 6.45) is 3.09. The second-order valence-corrected chi connectivity index (χ2v) is 6.07. The van der Waals surface area contributed by atoms with Gasteiger partial charge in [-0.3, -0.25) is 9.98 Å². The van der Waals surface area contributed by atoms with E-state index >= 15 is 0 Å². The number of aliphatic hydroxyl groups excluding tert-OH is 1. The number of aliphatic hydroxyl groups is 1. The van der Waals surface area contributed by atoms with Gasteiger partial charge in [0.15, 0.2) is 0 Å². The van der Waals surface area contributed by atoms with Crippen LogP contribution in [0.2, 0.25) is 0 Å². The maximum absolute atomic E-state index is 13.5. The molecule has 0 saturated carbocycles. The number of rotatable bonds is 7. The van der Waals surface area contributed by atoms with E-state index in [0.717, 1.165) is 5.75 Å². The Bertz CT molecular complexity index is 692. The Morgan fingerprint density at radius 2 is 2.09 bits per heavy atom. The lowest BCUT2D eigenvalue weighted by Gasteiger charge is -2.07. The third kappa shape index (κ3) is 4.77. The number of hydrogen-bond acceptors (Lipinski definition) is 5. The normalized spacial score (nSPS) is 11.3. The predicted octanol–water partition coefficient (Wildman–Crippen LogP) is 3.08. The highest BCUT2D eigenvalue weighted by molar-refractivity contribution is 7.98. The zero-order valence-electron chi connectivity index (χ0n) is 12.9. The molecule has 0 fully saturated rings. The van der Waals surface area contributed by atoms with Crippen molar-refractivity contribution in [1.29, 1.82) is 0 Å². The maximum atomic E-state index is 13.5. The average Bonchev–Trinajstić information content (AvgIpc) is 2.56. The van der Waals surface area contributed by atoms with Gasteiger partial charge in [-0.2, -0.15) is 11.8 Å². The number of benzene rings is 1. The van der Waals surface area contributed by atoms with Crippen molar-refractivity contribution in [2.24, 2.45) is 4.99 Å². The quantitative estimate of drug-likeness (QED) is 0.603. The number of halogens is 1. The van der Waals surface area contributed by atoms with Crippen LogP contribution in [-0.4, -0.2) is 33.7 Å². The highest BCUT2D eigenvalue weighted by Crippen LogP contribution is 2.22. The minimum absolute atomic E-state index is 0.0410. The molecule has 2 rings (SSSR count). The Morgan fingerprint density at radius 3 is 2.83 bits per heavy atom. The fourth-order valence-electron chi connectivity index (χ4n) is 1.99. The fourth-order valence-corrected chi connectivity index (χ4v) is 2.83. The van der Waals surface area contributed by atoms with Crippen molar-refractivity contribution in [1.82, 2.24) is 4.98 Å². The number of aromatic nitrogens is 1. The number of hydrogen-bond donors (Lipinski definition) is 2. The second kappa shape index (κ2) is 8.64. The van der Waals surface area contributed by atoms with E-state index < -0.39 is 0 Å². The van der Waals surface area contributed by atoms with Crippen LogP contribution in [0.1, 0.15) is 22.4 Å². The van der Waals surface area contributed by atoms with E-state index in [9.17, 15) is 14.6 Å². The van der Waals surface area contributed by atoms with E-state index in [1.165, 1.54) is 12.3 Å². The van der Waals surface area contributed by atoms with Crippen molar-refractivity contribution in [3.05, 3.63) is 58.7 Å². The largest absolute Gasteiger partial charge is 0.505 e. The summed E-state index contributed by atoms with van der Waals surface area (Å²) in [6, 6.07) is 6.73. The molecule has 0 aliphatic heterocycles. The summed E-state index contributed by atoms with van der Waals surface area (Å²) in [5.41, 5.74) is 2.22. The van der Waals surface area contributed by atoms with Crippen LogP contribution in [0, 0.1) is 12.7 Å². The van der Waals surface area contributed by atoms with E-state index in [0.29, 0.717) is 34.7 Å². The van der Waals surface area contributed by atoms with Crippen molar-refractivity contribution >= 4 is 18.0 Å². The first-order chi connectivity index (χ1) is 11.1. The highest BCUT2D eigenvalue weighted by Gasteiger charge is 2.08. The third-order valence-electron chi connectivity index (χ3n) is 3.33. The molecule has 1 aromatic heterocycles. The van der Waals surface area contributed by atoms with Crippen LogP contribution >= 0.6 is 11.8 Å². The van der Waals surface area contributed by atoms with Crippen molar-refractivity contribution in [2.45, 2.75) is 19.3 Å². The summed E-state index contributed by atoms with van der Waals surface area (Å²) < 4.78 is 13.5. The number of aromatic hydroxyl groups is 1. The lowest BCUT2D eigenvalue weighted by atomic mass is 10.1. The molecular formula is C17H19FN2O2S. The molecule has 0 radical (unpaired) electrons. The number of nitrogens with zero attached hydrogens (tertiary/aromatic N) is 2. The van der Waals surface area contributed by atoms with Crippen LogP contribution in [0.3, 0.4) is 0 Å². The van der Waals surface area contributed by atoms with Gasteiger partial charge >= 0.3 is 0 Å². The average molecular weight is 334 g/mol. The zero-order chi connectivity index (χ0) is 16.7. The topological polar surface area (TPSA) is 65.7 Å². The smallest absolute Gasteiger partial charge is 0.145 e. The molecule has 0 unspecified atom stereocenters. The van der Waals surface area contributed by atoms with Crippen molar-refractivity contribution < 1.29 is 14.6 Å². The molecule has 122 valence electrons. The lowest BCUT2D eigenvalue weighted by Crippen LogP contribution is -1.99. The SMILES string of the molecule is Cc1ncc(CO)c(C=NCCSCc2ccccc2F)c1O. The van der Waals surface area contributed by atoms with Crippen LogP contribution in [0.5, 0.6) is 5.75 Å². The molecule has 6 heteroatoms. The van der Waals surface area contributed by atoms with Gasteiger partial charge in [-0.05, 0) is 18.6 Å². The molecule has 0 atom stereocenters. The van der Waals surface area contributed by atoms with E-state index in [-0.39, 0.29) is 18.2 Å². The Morgan fingerprint density at radius 1 is 1.30 bits per heavy atom. The van der Waals surface area contributed by atoms with Crippen LogP contribution in [-0.2, 0) is 12.4 Å². The van der Waals surface area contributed by atoms with Gasteiger partial charge in [0.2, 0.25) is 0 Å².